The molecule has 3 aromatic rings. The number of Topliss-reactive ketones (excluding diaryl/α,β-unsaturated/α-hetero) is 1. The number of carbonyl (C=O) groups excluding carboxylic acids is 1. The van der Waals surface area contributed by atoms with Gasteiger partial charge in [-0.05, 0) is 24.6 Å². The molecule has 2 aromatic heterocycles. The van der Waals surface area contributed by atoms with Gasteiger partial charge in [0, 0.05) is 30.3 Å². The van der Waals surface area contributed by atoms with E-state index >= 15 is 0 Å². The van der Waals surface area contributed by atoms with E-state index in [2.05, 4.69) is 21.6 Å². The van der Waals surface area contributed by atoms with Crippen LogP contribution in [0.1, 0.15) is 23.2 Å². The van der Waals surface area contributed by atoms with Crippen LogP contribution in [0.5, 0.6) is 0 Å². The molecule has 0 amide bonds. The van der Waals surface area contributed by atoms with E-state index in [1.807, 2.05) is 25.1 Å². The molecule has 0 radical (unpaired) electrons. The van der Waals surface area contributed by atoms with Gasteiger partial charge in [-0.3, -0.25) is 9.48 Å². The Morgan fingerprint density at radius 3 is 2.64 bits per heavy atom. The lowest BCUT2D eigenvalue weighted by Gasteiger charge is -2.03. The lowest BCUT2D eigenvalue weighted by atomic mass is 10.0. The molecule has 0 saturated carbocycles. The summed E-state index contributed by atoms with van der Waals surface area (Å²) in [5.74, 6) is 0.679. The fourth-order valence-corrected chi connectivity index (χ4v) is 2.42. The Kier molecular flexibility index (Phi) is 3.55. The molecular weight excluding hydrogens is 276 g/mol. The van der Waals surface area contributed by atoms with Crippen LogP contribution in [0.3, 0.4) is 0 Å². The predicted octanol–water partition coefficient (Wildman–Crippen LogP) is 3.19. The maximum atomic E-state index is 11.8. The number of hydrogen-bond acceptors (Lipinski definition) is 4. The second-order valence-corrected chi connectivity index (χ2v) is 5.13. The molecule has 0 N–H and O–H groups in total. The first-order valence-electron chi connectivity index (χ1n) is 7.01. The molecule has 3 rings (SSSR count). The fraction of sp³-hybridized carbons (Fsp3) is 0.176. The van der Waals surface area contributed by atoms with Crippen molar-refractivity contribution in [1.29, 1.82) is 0 Å². The van der Waals surface area contributed by atoms with Crippen molar-refractivity contribution >= 4 is 16.7 Å². The Hall–Kier alpha value is -2.82. The van der Waals surface area contributed by atoms with Crippen LogP contribution in [-0.4, -0.2) is 25.5 Å². The number of rotatable bonds is 4. The van der Waals surface area contributed by atoms with E-state index in [0.717, 1.165) is 27.9 Å². The first kappa shape index (κ1) is 14.1. The zero-order valence-corrected chi connectivity index (χ0v) is 12.6. The number of ketones is 1. The van der Waals surface area contributed by atoms with Gasteiger partial charge in [-0.15, -0.1) is 6.58 Å². The van der Waals surface area contributed by atoms with Crippen molar-refractivity contribution in [2.75, 3.05) is 0 Å². The molecule has 0 spiro atoms. The molecule has 5 nitrogen and oxygen atoms in total. The molecule has 0 aliphatic heterocycles. The van der Waals surface area contributed by atoms with Crippen LogP contribution >= 0.6 is 0 Å². The van der Waals surface area contributed by atoms with Crippen molar-refractivity contribution in [3.8, 4) is 11.1 Å². The van der Waals surface area contributed by atoms with Crippen LogP contribution in [0, 0.1) is 6.92 Å². The van der Waals surface area contributed by atoms with Crippen molar-refractivity contribution in [2.45, 2.75) is 20.4 Å². The summed E-state index contributed by atoms with van der Waals surface area (Å²) in [5, 5.41) is 5.23. The fourth-order valence-electron chi connectivity index (χ4n) is 2.42. The van der Waals surface area contributed by atoms with Crippen LogP contribution in [-0.2, 0) is 6.54 Å². The third-order valence-corrected chi connectivity index (χ3v) is 3.50. The highest BCUT2D eigenvalue weighted by atomic mass is 16.1. The van der Waals surface area contributed by atoms with Crippen LogP contribution in [0.2, 0.25) is 0 Å². The number of fused-ring (bicyclic) bond motifs is 1. The van der Waals surface area contributed by atoms with Gasteiger partial charge in [0.05, 0.1) is 12.1 Å². The van der Waals surface area contributed by atoms with E-state index in [1.165, 1.54) is 6.92 Å². The van der Waals surface area contributed by atoms with E-state index in [1.54, 1.807) is 23.2 Å². The standard InChI is InChI=1S/C17H16N4O/c1-4-7-21-16-6-5-13(14-9-18-12(3)19-10-14)8-15(16)17(20-21)11(2)22/h4-6,8-10H,1,7H2,2-3H3. The zero-order chi connectivity index (χ0) is 15.7. The minimum Gasteiger partial charge on any atom is -0.293 e. The quantitative estimate of drug-likeness (QED) is 0.547. The van der Waals surface area contributed by atoms with Gasteiger partial charge in [0.2, 0.25) is 0 Å². The summed E-state index contributed by atoms with van der Waals surface area (Å²) in [6.45, 7) is 7.67. The molecule has 0 aliphatic rings. The lowest BCUT2D eigenvalue weighted by Crippen LogP contribution is -1.99. The van der Waals surface area contributed by atoms with Crippen molar-refractivity contribution in [3.05, 3.63) is 54.8 Å². The van der Waals surface area contributed by atoms with Gasteiger partial charge >= 0.3 is 0 Å². The average molecular weight is 292 g/mol. The normalized spacial score (nSPS) is 10.8. The summed E-state index contributed by atoms with van der Waals surface area (Å²) in [5.41, 5.74) is 3.28. The summed E-state index contributed by atoms with van der Waals surface area (Å²) in [6.07, 6.45) is 5.33. The second kappa shape index (κ2) is 5.52. The largest absolute Gasteiger partial charge is 0.293 e. The molecule has 22 heavy (non-hydrogen) atoms. The number of hydrogen-bond donors (Lipinski definition) is 0. The minimum atomic E-state index is -0.0508. The number of aryl methyl sites for hydroxylation is 1. The number of carbonyl (C=O) groups is 1. The lowest BCUT2D eigenvalue weighted by molar-refractivity contribution is 0.101. The Morgan fingerprint density at radius 1 is 1.27 bits per heavy atom. The van der Waals surface area contributed by atoms with Crippen LogP contribution < -0.4 is 0 Å². The predicted molar refractivity (Wildman–Crippen MR) is 85.7 cm³/mol. The van der Waals surface area contributed by atoms with Crippen LogP contribution in [0.4, 0.5) is 0 Å². The Morgan fingerprint density at radius 2 is 2.00 bits per heavy atom. The van der Waals surface area contributed by atoms with Gasteiger partial charge in [0.15, 0.2) is 5.78 Å². The van der Waals surface area contributed by atoms with Crippen LogP contribution in [0.15, 0.2) is 43.2 Å². The minimum absolute atomic E-state index is 0.0508. The highest BCUT2D eigenvalue weighted by Gasteiger charge is 2.14. The monoisotopic (exact) mass is 292 g/mol. The topological polar surface area (TPSA) is 60.7 Å². The number of nitrogens with zero attached hydrogens (tertiary/aromatic N) is 4. The maximum Gasteiger partial charge on any atom is 0.180 e. The van der Waals surface area contributed by atoms with Crippen molar-refractivity contribution in [2.24, 2.45) is 0 Å². The molecule has 0 unspecified atom stereocenters. The van der Waals surface area contributed by atoms with E-state index < -0.39 is 0 Å². The maximum absolute atomic E-state index is 11.8. The molecule has 0 bridgehead atoms. The molecule has 0 fully saturated rings. The molecule has 0 atom stereocenters. The van der Waals surface area contributed by atoms with Crippen molar-refractivity contribution in [3.63, 3.8) is 0 Å². The smallest absolute Gasteiger partial charge is 0.180 e. The zero-order valence-electron chi connectivity index (χ0n) is 12.6. The summed E-state index contributed by atoms with van der Waals surface area (Å²) in [7, 11) is 0. The molecule has 110 valence electrons. The van der Waals surface area contributed by atoms with Gasteiger partial charge in [-0.1, -0.05) is 12.1 Å². The highest BCUT2D eigenvalue weighted by Crippen LogP contribution is 2.26. The molecule has 1 aromatic carbocycles. The SMILES string of the molecule is C=CCn1nc(C(C)=O)c2cc(-c3cnc(C)nc3)ccc21. The summed E-state index contributed by atoms with van der Waals surface area (Å²) >= 11 is 0. The first-order chi connectivity index (χ1) is 10.6. The van der Waals surface area contributed by atoms with Crippen LogP contribution in [0.25, 0.3) is 22.0 Å². The number of benzene rings is 1. The Balaban J connectivity index is 2.19. The average Bonchev–Trinajstić information content (AvgIpc) is 2.87. The summed E-state index contributed by atoms with van der Waals surface area (Å²) < 4.78 is 1.79. The van der Waals surface area contributed by atoms with Gasteiger partial charge in [0.1, 0.15) is 11.5 Å². The van der Waals surface area contributed by atoms with Crippen molar-refractivity contribution < 1.29 is 4.79 Å². The molecular formula is C17H16N4O. The van der Waals surface area contributed by atoms with Gasteiger partial charge in [-0.2, -0.15) is 5.10 Å². The summed E-state index contributed by atoms with van der Waals surface area (Å²) in [4.78, 5) is 20.3. The molecule has 2 heterocycles. The van der Waals surface area contributed by atoms with Gasteiger partial charge in [-0.25, -0.2) is 9.97 Å². The number of aromatic nitrogens is 4. The van der Waals surface area contributed by atoms with E-state index in [0.29, 0.717) is 12.2 Å². The molecule has 0 saturated heterocycles. The molecule has 0 aliphatic carbocycles. The highest BCUT2D eigenvalue weighted by molar-refractivity contribution is 6.05. The van der Waals surface area contributed by atoms with E-state index in [4.69, 9.17) is 0 Å². The van der Waals surface area contributed by atoms with E-state index in [9.17, 15) is 4.79 Å². The Bertz CT molecular complexity index is 862. The van der Waals surface area contributed by atoms with Gasteiger partial charge < -0.3 is 0 Å². The van der Waals surface area contributed by atoms with E-state index in [-0.39, 0.29) is 5.78 Å². The molecule has 5 heteroatoms. The van der Waals surface area contributed by atoms with Crippen molar-refractivity contribution in [1.82, 2.24) is 19.7 Å². The van der Waals surface area contributed by atoms with Gasteiger partial charge in [0.25, 0.3) is 0 Å². The Labute approximate surface area is 128 Å². The third-order valence-electron chi connectivity index (χ3n) is 3.50. The second-order valence-electron chi connectivity index (χ2n) is 5.13. The third kappa shape index (κ3) is 2.41. The first-order valence-corrected chi connectivity index (χ1v) is 7.01. The number of allylic oxidation sites excluding steroid dienone is 1. The summed E-state index contributed by atoms with van der Waals surface area (Å²) in [6, 6.07) is 5.92.